The molecule has 21 heavy (non-hydrogen) atoms. The highest BCUT2D eigenvalue weighted by atomic mass is 79.9. The van der Waals surface area contributed by atoms with E-state index in [0.29, 0.717) is 21.5 Å². The lowest BCUT2D eigenvalue weighted by molar-refractivity contribution is 0.213. The first-order valence-electron chi connectivity index (χ1n) is 6.34. The Kier molecular flexibility index (Phi) is 5.30. The first-order valence-corrected chi connectivity index (χ1v) is 7.92. The Morgan fingerprint density at radius 3 is 2.33 bits per heavy atom. The molecule has 0 fully saturated rings. The minimum absolute atomic E-state index is 0.571. The Bertz CT molecular complexity index is 656. The van der Waals surface area contributed by atoms with Gasteiger partial charge in [-0.3, -0.25) is 0 Å². The van der Waals surface area contributed by atoms with E-state index in [4.69, 9.17) is 9.47 Å². The zero-order chi connectivity index (χ0) is 15.6. The van der Waals surface area contributed by atoms with E-state index in [1.165, 1.54) is 0 Å². The second kappa shape index (κ2) is 6.81. The van der Waals surface area contributed by atoms with Gasteiger partial charge >= 0.3 is 0 Å². The van der Waals surface area contributed by atoms with Crippen molar-refractivity contribution >= 4 is 31.9 Å². The number of aryl methyl sites for hydroxylation is 1. The molecular formula is C16H16Br2O3. The largest absolute Gasteiger partial charge is 0.495 e. The van der Waals surface area contributed by atoms with Crippen molar-refractivity contribution in [3.63, 3.8) is 0 Å². The third kappa shape index (κ3) is 3.25. The van der Waals surface area contributed by atoms with E-state index in [1.807, 2.05) is 31.2 Å². The Labute approximate surface area is 141 Å². The summed E-state index contributed by atoms with van der Waals surface area (Å²) in [5.41, 5.74) is 2.53. The summed E-state index contributed by atoms with van der Waals surface area (Å²) in [6.07, 6.45) is -0.778. The number of methoxy groups -OCH3 is 2. The standard InChI is InChI=1S/C16H16Br2O3/c1-9-4-5-10(17)8-12(9)15(19)11-6-7-13(20-2)14(18)16(11)21-3/h4-8,15,19H,1-3H3. The van der Waals surface area contributed by atoms with E-state index in [-0.39, 0.29) is 0 Å². The van der Waals surface area contributed by atoms with Gasteiger partial charge in [0.2, 0.25) is 0 Å². The molecule has 0 saturated heterocycles. The number of rotatable bonds is 4. The van der Waals surface area contributed by atoms with Gasteiger partial charge in [0.15, 0.2) is 0 Å². The lowest BCUT2D eigenvalue weighted by atomic mass is 9.97. The third-order valence-corrected chi connectivity index (χ3v) is 4.59. The lowest BCUT2D eigenvalue weighted by Crippen LogP contribution is -2.05. The van der Waals surface area contributed by atoms with Gasteiger partial charge in [-0.25, -0.2) is 0 Å². The molecule has 0 aliphatic rings. The monoisotopic (exact) mass is 414 g/mol. The van der Waals surface area contributed by atoms with Crippen LogP contribution in [0.4, 0.5) is 0 Å². The van der Waals surface area contributed by atoms with Gasteiger partial charge in [-0.15, -0.1) is 0 Å². The van der Waals surface area contributed by atoms with Crippen LogP contribution in [0.1, 0.15) is 22.8 Å². The van der Waals surface area contributed by atoms with Crippen LogP contribution in [0.5, 0.6) is 11.5 Å². The van der Waals surface area contributed by atoms with E-state index >= 15 is 0 Å². The fourth-order valence-electron chi connectivity index (χ4n) is 2.21. The maximum absolute atomic E-state index is 10.7. The van der Waals surface area contributed by atoms with Gasteiger partial charge in [-0.05, 0) is 58.2 Å². The maximum atomic E-state index is 10.7. The average Bonchev–Trinajstić information content (AvgIpc) is 2.48. The second-order valence-electron chi connectivity index (χ2n) is 4.61. The van der Waals surface area contributed by atoms with Crippen molar-refractivity contribution in [1.29, 1.82) is 0 Å². The molecular weight excluding hydrogens is 400 g/mol. The summed E-state index contributed by atoms with van der Waals surface area (Å²) in [6.45, 7) is 1.97. The van der Waals surface area contributed by atoms with Gasteiger partial charge in [-0.1, -0.05) is 22.0 Å². The molecule has 2 aromatic carbocycles. The zero-order valence-corrected chi connectivity index (χ0v) is 15.2. The van der Waals surface area contributed by atoms with Gasteiger partial charge in [0.25, 0.3) is 0 Å². The summed E-state index contributed by atoms with van der Waals surface area (Å²) < 4.78 is 12.3. The summed E-state index contributed by atoms with van der Waals surface area (Å²) >= 11 is 6.89. The molecule has 3 nitrogen and oxygen atoms in total. The molecule has 0 amide bonds. The Balaban J connectivity index is 2.55. The van der Waals surface area contributed by atoms with Crippen molar-refractivity contribution in [2.75, 3.05) is 14.2 Å². The highest BCUT2D eigenvalue weighted by Gasteiger charge is 2.21. The fraction of sp³-hybridized carbons (Fsp3) is 0.250. The summed E-state index contributed by atoms with van der Waals surface area (Å²) in [6, 6.07) is 9.45. The zero-order valence-electron chi connectivity index (χ0n) is 12.0. The molecule has 5 heteroatoms. The van der Waals surface area contributed by atoms with Crippen molar-refractivity contribution in [3.8, 4) is 11.5 Å². The van der Waals surface area contributed by atoms with Crippen LogP contribution in [0.15, 0.2) is 39.3 Å². The van der Waals surface area contributed by atoms with Crippen molar-refractivity contribution in [2.24, 2.45) is 0 Å². The number of aliphatic hydroxyl groups is 1. The number of hydrogen-bond donors (Lipinski definition) is 1. The van der Waals surface area contributed by atoms with Crippen LogP contribution in [0, 0.1) is 6.92 Å². The molecule has 0 spiro atoms. The Morgan fingerprint density at radius 1 is 1.00 bits per heavy atom. The van der Waals surface area contributed by atoms with E-state index < -0.39 is 6.10 Å². The number of benzene rings is 2. The molecule has 1 unspecified atom stereocenters. The van der Waals surface area contributed by atoms with Gasteiger partial charge in [-0.2, -0.15) is 0 Å². The molecule has 112 valence electrons. The quantitative estimate of drug-likeness (QED) is 0.791. The number of halogens is 2. The molecule has 0 saturated carbocycles. The molecule has 0 aliphatic heterocycles. The van der Waals surface area contributed by atoms with Gasteiger partial charge in [0.1, 0.15) is 22.1 Å². The molecule has 0 heterocycles. The van der Waals surface area contributed by atoms with E-state index in [0.717, 1.165) is 15.6 Å². The molecule has 1 N–H and O–H groups in total. The first-order chi connectivity index (χ1) is 9.99. The fourth-order valence-corrected chi connectivity index (χ4v) is 3.27. The van der Waals surface area contributed by atoms with Crippen molar-refractivity contribution in [2.45, 2.75) is 13.0 Å². The maximum Gasteiger partial charge on any atom is 0.142 e. The minimum atomic E-state index is -0.778. The first kappa shape index (κ1) is 16.3. The molecule has 1 atom stereocenters. The molecule has 0 aliphatic carbocycles. The lowest BCUT2D eigenvalue weighted by Gasteiger charge is -2.19. The molecule has 0 bridgehead atoms. The van der Waals surface area contributed by atoms with Gasteiger partial charge < -0.3 is 14.6 Å². The normalized spacial score (nSPS) is 12.1. The summed E-state index contributed by atoms with van der Waals surface area (Å²) in [5.74, 6) is 1.23. The van der Waals surface area contributed by atoms with Crippen molar-refractivity contribution in [1.82, 2.24) is 0 Å². The number of aliphatic hydroxyl groups excluding tert-OH is 1. The summed E-state index contributed by atoms with van der Waals surface area (Å²) in [7, 11) is 3.16. The highest BCUT2D eigenvalue weighted by Crippen LogP contribution is 2.41. The van der Waals surface area contributed by atoms with E-state index in [2.05, 4.69) is 31.9 Å². The van der Waals surface area contributed by atoms with E-state index in [1.54, 1.807) is 20.3 Å². The number of ether oxygens (including phenoxy) is 2. The van der Waals surface area contributed by atoms with Crippen LogP contribution in [-0.4, -0.2) is 19.3 Å². The predicted octanol–water partition coefficient (Wildman–Crippen LogP) is 4.62. The Morgan fingerprint density at radius 2 is 1.71 bits per heavy atom. The van der Waals surface area contributed by atoms with Crippen molar-refractivity contribution in [3.05, 3.63) is 56.0 Å². The molecule has 2 rings (SSSR count). The topological polar surface area (TPSA) is 38.7 Å². The van der Waals surface area contributed by atoms with Gasteiger partial charge in [0.05, 0.1) is 14.2 Å². The van der Waals surface area contributed by atoms with Crippen LogP contribution in [0.3, 0.4) is 0 Å². The summed E-state index contributed by atoms with van der Waals surface area (Å²) in [5, 5.41) is 10.7. The van der Waals surface area contributed by atoms with Crippen LogP contribution >= 0.6 is 31.9 Å². The van der Waals surface area contributed by atoms with Gasteiger partial charge in [0, 0.05) is 10.0 Å². The van der Waals surface area contributed by atoms with Crippen LogP contribution in [-0.2, 0) is 0 Å². The third-order valence-electron chi connectivity index (χ3n) is 3.35. The smallest absolute Gasteiger partial charge is 0.142 e. The van der Waals surface area contributed by atoms with E-state index in [9.17, 15) is 5.11 Å². The van der Waals surface area contributed by atoms with Crippen LogP contribution in [0.25, 0.3) is 0 Å². The average molecular weight is 416 g/mol. The summed E-state index contributed by atoms with van der Waals surface area (Å²) in [4.78, 5) is 0. The van der Waals surface area contributed by atoms with Crippen LogP contribution in [0.2, 0.25) is 0 Å². The highest BCUT2D eigenvalue weighted by molar-refractivity contribution is 9.11. The Hall–Kier alpha value is -1.04. The second-order valence-corrected chi connectivity index (χ2v) is 6.32. The SMILES string of the molecule is COc1ccc(C(O)c2cc(Br)ccc2C)c(OC)c1Br. The minimum Gasteiger partial charge on any atom is -0.495 e. The molecule has 2 aromatic rings. The number of hydrogen-bond acceptors (Lipinski definition) is 3. The van der Waals surface area contributed by atoms with Crippen molar-refractivity contribution < 1.29 is 14.6 Å². The molecule has 0 aromatic heterocycles. The van der Waals surface area contributed by atoms with Crippen LogP contribution < -0.4 is 9.47 Å². The molecule has 0 radical (unpaired) electrons. The predicted molar refractivity (Wildman–Crippen MR) is 90.2 cm³/mol.